The molecule has 0 spiro atoms. The number of nitro benzene ring substituents is 1. The highest BCUT2D eigenvalue weighted by atomic mass is 35.5. The number of aromatic nitrogens is 2. The first-order chi connectivity index (χ1) is 15.0. The zero-order valence-corrected chi connectivity index (χ0v) is 17.6. The Morgan fingerprint density at radius 3 is 2.77 bits per heavy atom. The first-order valence-corrected chi connectivity index (χ1v) is 10.0. The monoisotopic (exact) mass is 435 g/mol. The molecule has 4 rings (SSSR count). The van der Waals surface area contributed by atoms with Gasteiger partial charge in [0.25, 0.3) is 5.69 Å². The van der Waals surface area contributed by atoms with E-state index in [-0.39, 0.29) is 5.69 Å². The minimum atomic E-state index is -0.466. The summed E-state index contributed by atoms with van der Waals surface area (Å²) in [5.74, 6) is 1.30. The third-order valence-corrected chi connectivity index (χ3v) is 5.42. The average Bonchev–Trinajstić information content (AvgIpc) is 3.15. The fraction of sp³-hybridized carbons (Fsp3) is 0.182. The predicted octanol–water partition coefficient (Wildman–Crippen LogP) is 5.11. The Bertz CT molecular complexity index is 1370. The number of benzene rings is 2. The summed E-state index contributed by atoms with van der Waals surface area (Å²) in [7, 11) is 1.45. The third-order valence-electron chi connectivity index (χ3n) is 5.23. The molecular formula is C22H18ClN5O3. The molecule has 0 saturated heterocycles. The second kappa shape index (κ2) is 8.13. The lowest BCUT2D eigenvalue weighted by Gasteiger charge is -2.18. The summed E-state index contributed by atoms with van der Waals surface area (Å²) in [6.07, 6.45) is 0.469. The summed E-state index contributed by atoms with van der Waals surface area (Å²) in [5.41, 5.74) is 4.14. The van der Waals surface area contributed by atoms with Gasteiger partial charge in [-0.15, -0.1) is 11.6 Å². The average molecular weight is 436 g/mol. The van der Waals surface area contributed by atoms with Crippen LogP contribution >= 0.6 is 11.6 Å². The second-order valence-electron chi connectivity index (χ2n) is 6.90. The van der Waals surface area contributed by atoms with Crippen LogP contribution in [0.3, 0.4) is 0 Å². The number of nitrogens with one attached hydrogen (secondary N) is 1. The van der Waals surface area contributed by atoms with Gasteiger partial charge in [0, 0.05) is 5.88 Å². The summed E-state index contributed by atoms with van der Waals surface area (Å²) in [4.78, 5) is 15.9. The van der Waals surface area contributed by atoms with Crippen molar-refractivity contribution in [3.8, 4) is 11.8 Å². The molecule has 2 heterocycles. The van der Waals surface area contributed by atoms with Crippen LogP contribution in [0.15, 0.2) is 42.5 Å². The third kappa shape index (κ3) is 3.39. The van der Waals surface area contributed by atoms with Crippen molar-refractivity contribution in [1.82, 2.24) is 9.38 Å². The van der Waals surface area contributed by atoms with Crippen molar-refractivity contribution >= 4 is 45.5 Å². The van der Waals surface area contributed by atoms with E-state index in [2.05, 4.69) is 16.4 Å². The van der Waals surface area contributed by atoms with Crippen LogP contribution in [-0.2, 0) is 6.42 Å². The number of nitrogens with zero attached hydrogens (tertiary/aromatic N) is 4. The molecule has 4 aromatic rings. The number of hydrogen-bond donors (Lipinski definition) is 1. The fourth-order valence-corrected chi connectivity index (χ4v) is 3.93. The van der Waals surface area contributed by atoms with Gasteiger partial charge in [-0.1, -0.05) is 12.1 Å². The number of nitriles is 1. The Kier molecular flexibility index (Phi) is 5.36. The standard InChI is InChI=1S/C22H18ClN5O3/c1-13-15(9-10-23)21(26-18-8-7-14(31-2)11-20(18)28(29)30)27-19-6-4-3-5-17(19)25-22(27)16(13)12-24/h3-8,11,26H,9-10H2,1-2H3. The number of methoxy groups -OCH3 is 1. The minimum absolute atomic E-state index is 0.129. The molecule has 9 heteroatoms. The van der Waals surface area contributed by atoms with Crippen LogP contribution in [0.5, 0.6) is 5.75 Å². The Morgan fingerprint density at radius 2 is 2.10 bits per heavy atom. The van der Waals surface area contributed by atoms with Crippen LogP contribution in [0.1, 0.15) is 16.7 Å². The lowest BCUT2D eigenvalue weighted by Crippen LogP contribution is -2.10. The van der Waals surface area contributed by atoms with E-state index in [0.717, 1.165) is 16.6 Å². The molecule has 0 aliphatic carbocycles. The van der Waals surface area contributed by atoms with Crippen molar-refractivity contribution in [1.29, 1.82) is 5.26 Å². The van der Waals surface area contributed by atoms with Crippen LogP contribution in [0, 0.1) is 28.4 Å². The zero-order valence-electron chi connectivity index (χ0n) is 16.8. The largest absolute Gasteiger partial charge is 0.496 e. The highest BCUT2D eigenvalue weighted by Gasteiger charge is 2.23. The predicted molar refractivity (Wildman–Crippen MR) is 120 cm³/mol. The van der Waals surface area contributed by atoms with E-state index in [1.807, 2.05) is 35.6 Å². The molecule has 0 unspecified atom stereocenters. The van der Waals surface area contributed by atoms with Gasteiger partial charge in [0.2, 0.25) is 0 Å². The molecule has 0 saturated carbocycles. The van der Waals surface area contributed by atoms with Crippen molar-refractivity contribution in [3.05, 3.63) is 69.3 Å². The van der Waals surface area contributed by atoms with Gasteiger partial charge in [0.15, 0.2) is 5.65 Å². The van der Waals surface area contributed by atoms with Gasteiger partial charge in [0.1, 0.15) is 23.3 Å². The van der Waals surface area contributed by atoms with Crippen LogP contribution in [-0.4, -0.2) is 27.3 Å². The van der Waals surface area contributed by atoms with Crippen molar-refractivity contribution < 1.29 is 9.66 Å². The molecule has 0 fully saturated rings. The molecule has 0 radical (unpaired) electrons. The second-order valence-corrected chi connectivity index (χ2v) is 7.28. The molecule has 156 valence electrons. The number of fused-ring (bicyclic) bond motifs is 3. The summed E-state index contributed by atoms with van der Waals surface area (Å²) >= 11 is 6.08. The molecule has 0 amide bonds. The Hall–Kier alpha value is -3.83. The van der Waals surface area contributed by atoms with Crippen molar-refractivity contribution in [3.63, 3.8) is 0 Å². The number of imidazole rings is 1. The van der Waals surface area contributed by atoms with Crippen molar-refractivity contribution in [2.45, 2.75) is 13.3 Å². The van der Waals surface area contributed by atoms with E-state index in [9.17, 15) is 15.4 Å². The molecule has 0 aliphatic heterocycles. The van der Waals surface area contributed by atoms with Gasteiger partial charge in [-0.25, -0.2) is 4.98 Å². The van der Waals surface area contributed by atoms with Gasteiger partial charge >= 0.3 is 0 Å². The van der Waals surface area contributed by atoms with Crippen LogP contribution in [0.2, 0.25) is 0 Å². The smallest absolute Gasteiger partial charge is 0.296 e. The van der Waals surface area contributed by atoms with E-state index in [4.69, 9.17) is 16.3 Å². The van der Waals surface area contributed by atoms with Gasteiger partial charge in [-0.2, -0.15) is 5.26 Å². The number of nitro groups is 1. The molecule has 2 aromatic heterocycles. The van der Waals surface area contributed by atoms with Gasteiger partial charge in [-0.05, 0) is 48.7 Å². The first-order valence-electron chi connectivity index (χ1n) is 9.48. The molecular weight excluding hydrogens is 418 g/mol. The first kappa shape index (κ1) is 20.4. The number of ether oxygens (including phenoxy) is 1. The zero-order chi connectivity index (χ0) is 22.1. The van der Waals surface area contributed by atoms with Crippen LogP contribution in [0.4, 0.5) is 17.2 Å². The summed E-state index contributed by atoms with van der Waals surface area (Å²) in [6, 6.07) is 14.4. The summed E-state index contributed by atoms with van der Waals surface area (Å²) in [5, 5.41) is 24.8. The van der Waals surface area contributed by atoms with Crippen LogP contribution in [0.25, 0.3) is 16.7 Å². The number of pyridine rings is 1. The van der Waals surface area contributed by atoms with E-state index in [0.29, 0.717) is 46.3 Å². The maximum absolute atomic E-state index is 11.7. The number of halogens is 1. The Labute approximate surface area is 182 Å². The SMILES string of the molecule is COc1ccc(Nc2c(CCCl)c(C)c(C#N)c3nc4ccccc4n23)c([N+](=O)[O-])c1. The Balaban J connectivity index is 2.07. The lowest BCUT2D eigenvalue weighted by molar-refractivity contribution is -0.384. The molecule has 0 atom stereocenters. The van der Waals surface area contributed by atoms with E-state index < -0.39 is 4.92 Å². The van der Waals surface area contributed by atoms with Gasteiger partial charge in [-0.3, -0.25) is 14.5 Å². The quantitative estimate of drug-likeness (QED) is 0.256. The Morgan fingerprint density at radius 1 is 1.32 bits per heavy atom. The maximum atomic E-state index is 11.7. The summed E-state index contributed by atoms with van der Waals surface area (Å²) in [6.45, 7) is 1.84. The van der Waals surface area contributed by atoms with E-state index in [1.54, 1.807) is 12.1 Å². The van der Waals surface area contributed by atoms with E-state index in [1.165, 1.54) is 13.2 Å². The molecule has 2 aromatic carbocycles. The summed E-state index contributed by atoms with van der Waals surface area (Å²) < 4.78 is 6.97. The molecule has 1 N–H and O–H groups in total. The molecule has 0 bridgehead atoms. The number of alkyl halides is 1. The highest BCUT2D eigenvalue weighted by molar-refractivity contribution is 6.18. The lowest BCUT2D eigenvalue weighted by atomic mass is 10.0. The number of para-hydroxylation sites is 2. The number of rotatable bonds is 6. The van der Waals surface area contributed by atoms with Crippen molar-refractivity contribution in [2.24, 2.45) is 0 Å². The molecule has 0 aliphatic rings. The van der Waals surface area contributed by atoms with Gasteiger partial charge in [0.05, 0.1) is 34.7 Å². The number of hydrogen-bond acceptors (Lipinski definition) is 6. The fourth-order valence-electron chi connectivity index (χ4n) is 3.74. The number of anilines is 2. The van der Waals surface area contributed by atoms with Gasteiger partial charge < -0.3 is 10.1 Å². The normalized spacial score (nSPS) is 10.9. The maximum Gasteiger partial charge on any atom is 0.296 e. The highest BCUT2D eigenvalue weighted by Crippen LogP contribution is 2.36. The van der Waals surface area contributed by atoms with Crippen LogP contribution < -0.4 is 10.1 Å². The molecule has 8 nitrogen and oxygen atoms in total. The molecule has 31 heavy (non-hydrogen) atoms. The topological polar surface area (TPSA) is 105 Å². The van der Waals surface area contributed by atoms with Crippen molar-refractivity contribution in [2.75, 3.05) is 18.3 Å². The van der Waals surface area contributed by atoms with E-state index >= 15 is 0 Å². The minimum Gasteiger partial charge on any atom is -0.496 e.